The van der Waals surface area contributed by atoms with Gasteiger partial charge >= 0.3 is 0 Å². The molecular weight excluding hydrogens is 314 g/mol. The third-order valence-corrected chi connectivity index (χ3v) is 4.17. The zero-order chi connectivity index (χ0) is 13.0. The molecule has 0 amide bonds. The topological polar surface area (TPSA) is 47.0 Å². The van der Waals surface area contributed by atoms with Crippen LogP contribution in [0.4, 0.5) is 5.82 Å². The van der Waals surface area contributed by atoms with Crippen LogP contribution in [-0.2, 0) is 11.3 Å². The second kappa shape index (κ2) is 6.26. The van der Waals surface area contributed by atoms with Gasteiger partial charge in [0.15, 0.2) is 5.82 Å². The van der Waals surface area contributed by atoms with Crippen molar-refractivity contribution in [3.05, 3.63) is 27.8 Å². The molecule has 2 aromatic rings. The minimum atomic E-state index is 0.433. The molecule has 0 fully saturated rings. The monoisotopic (exact) mass is 327 g/mol. The average Bonchev–Trinajstić information content (AvgIpc) is 2.82. The zero-order valence-electron chi connectivity index (χ0n) is 10.2. The summed E-state index contributed by atoms with van der Waals surface area (Å²) in [5, 5.41) is 5.08. The SMILES string of the molecule is CCOCc1nc(NC)cc(-c2sccc2Br)n1. The van der Waals surface area contributed by atoms with Crippen LogP contribution >= 0.6 is 27.3 Å². The third-order valence-electron chi connectivity index (χ3n) is 2.31. The number of halogens is 1. The Labute approximate surface area is 119 Å². The standard InChI is InChI=1S/C12H14BrN3OS/c1-3-17-7-11-15-9(6-10(14-2)16-11)12-8(13)4-5-18-12/h4-6H,3,7H2,1-2H3,(H,14,15,16). The fourth-order valence-corrected chi connectivity index (χ4v) is 3.01. The van der Waals surface area contributed by atoms with Crippen molar-refractivity contribution in [2.45, 2.75) is 13.5 Å². The Morgan fingerprint density at radius 1 is 1.44 bits per heavy atom. The smallest absolute Gasteiger partial charge is 0.157 e. The van der Waals surface area contributed by atoms with E-state index in [1.807, 2.05) is 31.5 Å². The number of thiophene rings is 1. The average molecular weight is 328 g/mol. The highest BCUT2D eigenvalue weighted by Crippen LogP contribution is 2.33. The van der Waals surface area contributed by atoms with Crippen LogP contribution in [0.3, 0.4) is 0 Å². The molecule has 4 nitrogen and oxygen atoms in total. The molecule has 0 saturated carbocycles. The molecule has 0 bridgehead atoms. The highest BCUT2D eigenvalue weighted by molar-refractivity contribution is 9.10. The molecule has 0 aliphatic heterocycles. The highest BCUT2D eigenvalue weighted by Gasteiger charge is 2.10. The van der Waals surface area contributed by atoms with Crippen LogP contribution < -0.4 is 5.32 Å². The minimum Gasteiger partial charge on any atom is -0.374 e. The molecule has 0 atom stereocenters. The van der Waals surface area contributed by atoms with E-state index in [4.69, 9.17) is 4.74 Å². The van der Waals surface area contributed by atoms with Crippen LogP contribution in [0, 0.1) is 0 Å². The maximum atomic E-state index is 5.36. The summed E-state index contributed by atoms with van der Waals surface area (Å²) in [6, 6.07) is 3.95. The van der Waals surface area contributed by atoms with Gasteiger partial charge in [-0.15, -0.1) is 11.3 Å². The van der Waals surface area contributed by atoms with Gasteiger partial charge in [0.05, 0.1) is 10.6 Å². The molecule has 0 saturated heterocycles. The van der Waals surface area contributed by atoms with Crippen LogP contribution in [0.25, 0.3) is 10.6 Å². The number of hydrogen-bond donors (Lipinski definition) is 1. The van der Waals surface area contributed by atoms with Gasteiger partial charge in [-0.25, -0.2) is 9.97 Å². The van der Waals surface area contributed by atoms with E-state index in [1.165, 1.54) is 0 Å². The lowest BCUT2D eigenvalue weighted by molar-refractivity contribution is 0.128. The molecule has 0 aliphatic rings. The Bertz CT molecular complexity index is 530. The quantitative estimate of drug-likeness (QED) is 0.912. The summed E-state index contributed by atoms with van der Waals surface area (Å²) in [4.78, 5) is 10.0. The van der Waals surface area contributed by atoms with Crippen molar-refractivity contribution in [2.24, 2.45) is 0 Å². The first kappa shape index (κ1) is 13.5. The van der Waals surface area contributed by atoms with Crippen molar-refractivity contribution >= 4 is 33.1 Å². The Morgan fingerprint density at radius 2 is 2.28 bits per heavy atom. The number of nitrogens with one attached hydrogen (secondary N) is 1. The molecule has 0 radical (unpaired) electrons. The lowest BCUT2D eigenvalue weighted by Crippen LogP contribution is -2.03. The predicted molar refractivity (Wildman–Crippen MR) is 77.9 cm³/mol. The maximum Gasteiger partial charge on any atom is 0.157 e. The van der Waals surface area contributed by atoms with E-state index in [2.05, 4.69) is 31.2 Å². The van der Waals surface area contributed by atoms with Crippen molar-refractivity contribution in [1.29, 1.82) is 0 Å². The molecular formula is C12H14BrN3OS. The van der Waals surface area contributed by atoms with E-state index in [9.17, 15) is 0 Å². The Kier molecular flexibility index (Phi) is 4.68. The number of anilines is 1. The van der Waals surface area contributed by atoms with Gasteiger partial charge in [-0.3, -0.25) is 0 Å². The fraction of sp³-hybridized carbons (Fsp3) is 0.333. The lowest BCUT2D eigenvalue weighted by Gasteiger charge is -2.07. The van der Waals surface area contributed by atoms with Crippen molar-refractivity contribution in [3.63, 3.8) is 0 Å². The fourth-order valence-electron chi connectivity index (χ4n) is 1.48. The highest BCUT2D eigenvalue weighted by atomic mass is 79.9. The van der Waals surface area contributed by atoms with Crippen molar-refractivity contribution < 1.29 is 4.74 Å². The van der Waals surface area contributed by atoms with E-state index in [1.54, 1.807) is 11.3 Å². The van der Waals surface area contributed by atoms with E-state index in [0.29, 0.717) is 19.0 Å². The number of ether oxygens (including phenoxy) is 1. The van der Waals surface area contributed by atoms with Gasteiger partial charge in [0.25, 0.3) is 0 Å². The summed E-state index contributed by atoms with van der Waals surface area (Å²) in [6.45, 7) is 3.05. The summed E-state index contributed by atoms with van der Waals surface area (Å²) in [5.74, 6) is 1.49. The van der Waals surface area contributed by atoms with Gasteiger partial charge in [0, 0.05) is 24.2 Å². The molecule has 0 aliphatic carbocycles. The summed E-state index contributed by atoms with van der Waals surface area (Å²) >= 11 is 5.17. The molecule has 18 heavy (non-hydrogen) atoms. The van der Waals surface area contributed by atoms with Crippen LogP contribution in [0.5, 0.6) is 0 Å². The molecule has 1 N–H and O–H groups in total. The molecule has 0 aromatic carbocycles. The van der Waals surface area contributed by atoms with Gasteiger partial charge < -0.3 is 10.1 Å². The number of nitrogens with zero attached hydrogens (tertiary/aromatic N) is 2. The number of rotatable bonds is 5. The summed E-state index contributed by atoms with van der Waals surface area (Å²) in [5.41, 5.74) is 0.908. The zero-order valence-corrected chi connectivity index (χ0v) is 12.6. The summed E-state index contributed by atoms with van der Waals surface area (Å²) < 4.78 is 6.41. The molecule has 0 spiro atoms. The second-order valence-corrected chi connectivity index (χ2v) is 5.31. The number of aromatic nitrogens is 2. The molecule has 0 unspecified atom stereocenters. The Balaban J connectivity index is 2.38. The van der Waals surface area contributed by atoms with Crippen LogP contribution in [-0.4, -0.2) is 23.6 Å². The summed E-state index contributed by atoms with van der Waals surface area (Å²) in [7, 11) is 1.85. The molecule has 2 heterocycles. The van der Waals surface area contributed by atoms with Gasteiger partial charge in [-0.1, -0.05) is 0 Å². The second-order valence-electron chi connectivity index (χ2n) is 3.54. The predicted octanol–water partition coefficient (Wildman–Crippen LogP) is 3.55. The molecule has 2 rings (SSSR count). The van der Waals surface area contributed by atoms with Gasteiger partial charge in [0.2, 0.25) is 0 Å². The minimum absolute atomic E-state index is 0.433. The van der Waals surface area contributed by atoms with Crippen molar-refractivity contribution in [3.8, 4) is 10.6 Å². The van der Waals surface area contributed by atoms with Crippen LogP contribution in [0.15, 0.2) is 22.0 Å². The first-order valence-corrected chi connectivity index (χ1v) is 7.28. The van der Waals surface area contributed by atoms with Crippen LogP contribution in [0.2, 0.25) is 0 Å². The largest absolute Gasteiger partial charge is 0.374 e. The Hall–Kier alpha value is -0.980. The van der Waals surface area contributed by atoms with E-state index in [-0.39, 0.29) is 0 Å². The van der Waals surface area contributed by atoms with Gasteiger partial charge in [-0.05, 0) is 34.3 Å². The molecule has 6 heteroatoms. The third kappa shape index (κ3) is 3.07. The molecule has 2 aromatic heterocycles. The van der Waals surface area contributed by atoms with E-state index in [0.717, 1.165) is 20.9 Å². The van der Waals surface area contributed by atoms with Gasteiger partial charge in [0.1, 0.15) is 12.4 Å². The number of hydrogen-bond acceptors (Lipinski definition) is 5. The normalized spacial score (nSPS) is 10.6. The molecule has 96 valence electrons. The van der Waals surface area contributed by atoms with Crippen LogP contribution in [0.1, 0.15) is 12.7 Å². The maximum absolute atomic E-state index is 5.36. The van der Waals surface area contributed by atoms with E-state index >= 15 is 0 Å². The van der Waals surface area contributed by atoms with Crippen molar-refractivity contribution in [2.75, 3.05) is 19.0 Å². The lowest BCUT2D eigenvalue weighted by atomic mass is 10.3. The summed E-state index contributed by atoms with van der Waals surface area (Å²) in [6.07, 6.45) is 0. The Morgan fingerprint density at radius 3 is 2.89 bits per heavy atom. The van der Waals surface area contributed by atoms with E-state index < -0.39 is 0 Å². The first-order valence-electron chi connectivity index (χ1n) is 5.61. The van der Waals surface area contributed by atoms with Gasteiger partial charge in [-0.2, -0.15) is 0 Å². The first-order chi connectivity index (χ1) is 8.74. The van der Waals surface area contributed by atoms with Crippen molar-refractivity contribution in [1.82, 2.24) is 9.97 Å².